The first-order chi connectivity index (χ1) is 14.1. The second kappa shape index (κ2) is 7.95. The number of aromatic nitrogens is 2. The molecular formula is C22H24N4O3. The van der Waals surface area contributed by atoms with Crippen molar-refractivity contribution in [3.8, 4) is 5.75 Å². The van der Waals surface area contributed by atoms with Gasteiger partial charge in [-0.05, 0) is 31.2 Å². The number of carbonyl (C=O) groups is 2. The molecular weight excluding hydrogens is 368 g/mol. The van der Waals surface area contributed by atoms with Crippen molar-refractivity contribution in [1.29, 1.82) is 0 Å². The molecule has 0 aliphatic carbocycles. The maximum Gasteiger partial charge on any atom is 0.244 e. The van der Waals surface area contributed by atoms with Gasteiger partial charge in [0.15, 0.2) is 0 Å². The van der Waals surface area contributed by atoms with E-state index in [0.717, 1.165) is 16.9 Å². The molecule has 7 nitrogen and oxygen atoms in total. The number of hydrogen-bond acceptors (Lipinski definition) is 4. The van der Waals surface area contributed by atoms with Crippen LogP contribution in [-0.2, 0) is 16.1 Å². The van der Waals surface area contributed by atoms with Crippen molar-refractivity contribution in [3.63, 3.8) is 0 Å². The lowest BCUT2D eigenvalue weighted by Gasteiger charge is -2.16. The molecule has 1 aliphatic rings. The molecule has 1 aliphatic heterocycles. The van der Waals surface area contributed by atoms with Crippen LogP contribution in [0.2, 0.25) is 0 Å². The summed E-state index contributed by atoms with van der Waals surface area (Å²) in [6.45, 7) is 3.41. The Bertz CT molecular complexity index is 1060. The topological polar surface area (TPSA) is 76.5 Å². The smallest absolute Gasteiger partial charge is 0.244 e. The molecule has 0 unspecified atom stereocenters. The first kappa shape index (κ1) is 19.0. The SMILES string of the molecule is CCN1C[C@H](c2nc3ccccc3n2CC(=O)Nc2ccccc2OC)CC1=O. The van der Waals surface area contributed by atoms with Gasteiger partial charge in [0.05, 0.1) is 23.8 Å². The number of para-hydroxylation sites is 4. The Balaban J connectivity index is 1.64. The number of imidazole rings is 1. The first-order valence-corrected chi connectivity index (χ1v) is 9.76. The minimum absolute atomic E-state index is 0.0195. The van der Waals surface area contributed by atoms with Gasteiger partial charge in [0.1, 0.15) is 18.1 Å². The van der Waals surface area contributed by atoms with Gasteiger partial charge in [0.2, 0.25) is 11.8 Å². The van der Waals surface area contributed by atoms with Crippen molar-refractivity contribution in [2.24, 2.45) is 0 Å². The monoisotopic (exact) mass is 392 g/mol. The molecule has 2 amide bonds. The number of likely N-dealkylation sites (tertiary alicyclic amines) is 1. The van der Waals surface area contributed by atoms with Gasteiger partial charge < -0.3 is 19.5 Å². The number of amides is 2. The fourth-order valence-corrected chi connectivity index (χ4v) is 3.90. The lowest BCUT2D eigenvalue weighted by atomic mass is 10.1. The second-order valence-corrected chi connectivity index (χ2v) is 7.13. The van der Waals surface area contributed by atoms with Crippen LogP contribution in [0.5, 0.6) is 5.75 Å². The Labute approximate surface area is 169 Å². The van der Waals surface area contributed by atoms with Gasteiger partial charge in [-0.1, -0.05) is 24.3 Å². The highest BCUT2D eigenvalue weighted by atomic mass is 16.5. The van der Waals surface area contributed by atoms with Gasteiger partial charge in [-0.15, -0.1) is 0 Å². The number of nitrogens with zero attached hydrogens (tertiary/aromatic N) is 3. The molecule has 29 heavy (non-hydrogen) atoms. The van der Waals surface area contributed by atoms with Gasteiger partial charge in [-0.2, -0.15) is 0 Å². The number of nitrogens with one attached hydrogen (secondary N) is 1. The van der Waals surface area contributed by atoms with E-state index in [4.69, 9.17) is 9.72 Å². The molecule has 1 N–H and O–H groups in total. The van der Waals surface area contributed by atoms with E-state index in [9.17, 15) is 9.59 Å². The number of methoxy groups -OCH3 is 1. The van der Waals surface area contributed by atoms with Gasteiger partial charge in [0.25, 0.3) is 0 Å². The van der Waals surface area contributed by atoms with Crippen molar-refractivity contribution in [3.05, 3.63) is 54.4 Å². The second-order valence-electron chi connectivity index (χ2n) is 7.13. The Morgan fingerprint density at radius 1 is 1.21 bits per heavy atom. The Hall–Kier alpha value is -3.35. The maximum absolute atomic E-state index is 12.9. The summed E-state index contributed by atoms with van der Waals surface area (Å²) in [4.78, 5) is 31.7. The van der Waals surface area contributed by atoms with Crippen LogP contribution in [0.15, 0.2) is 48.5 Å². The fourth-order valence-electron chi connectivity index (χ4n) is 3.90. The molecule has 2 aromatic carbocycles. The summed E-state index contributed by atoms with van der Waals surface area (Å²) in [6.07, 6.45) is 0.422. The lowest BCUT2D eigenvalue weighted by Crippen LogP contribution is -2.25. The van der Waals surface area contributed by atoms with Crippen molar-refractivity contribution < 1.29 is 14.3 Å². The third kappa shape index (κ3) is 3.68. The summed E-state index contributed by atoms with van der Waals surface area (Å²) < 4.78 is 7.24. The third-order valence-electron chi connectivity index (χ3n) is 5.33. The molecule has 2 heterocycles. The lowest BCUT2D eigenvalue weighted by molar-refractivity contribution is -0.127. The zero-order valence-corrected chi connectivity index (χ0v) is 16.6. The summed E-state index contributed by atoms with van der Waals surface area (Å²) in [7, 11) is 1.57. The highest BCUT2D eigenvalue weighted by Crippen LogP contribution is 2.30. The van der Waals surface area contributed by atoms with E-state index in [-0.39, 0.29) is 24.3 Å². The van der Waals surface area contributed by atoms with Crippen LogP contribution in [0.25, 0.3) is 11.0 Å². The summed E-state index contributed by atoms with van der Waals surface area (Å²) in [5.41, 5.74) is 2.34. The molecule has 0 spiro atoms. The molecule has 150 valence electrons. The minimum atomic E-state index is -0.171. The van der Waals surface area contributed by atoms with Gasteiger partial charge in [-0.25, -0.2) is 4.98 Å². The molecule has 1 atom stereocenters. The molecule has 4 rings (SSSR count). The average molecular weight is 392 g/mol. The minimum Gasteiger partial charge on any atom is -0.495 e. The van der Waals surface area contributed by atoms with Crippen LogP contribution in [0, 0.1) is 0 Å². The van der Waals surface area contributed by atoms with Crippen LogP contribution < -0.4 is 10.1 Å². The quantitative estimate of drug-likeness (QED) is 0.700. The Morgan fingerprint density at radius 2 is 1.97 bits per heavy atom. The Kier molecular flexibility index (Phi) is 5.20. The van der Waals surface area contributed by atoms with E-state index >= 15 is 0 Å². The highest BCUT2D eigenvalue weighted by molar-refractivity contribution is 5.93. The van der Waals surface area contributed by atoms with Crippen molar-refractivity contribution in [2.75, 3.05) is 25.5 Å². The van der Waals surface area contributed by atoms with Gasteiger partial charge in [0, 0.05) is 25.4 Å². The number of benzene rings is 2. The van der Waals surface area contributed by atoms with Gasteiger partial charge in [-0.3, -0.25) is 9.59 Å². The fraction of sp³-hybridized carbons (Fsp3) is 0.318. The van der Waals surface area contributed by atoms with E-state index in [1.165, 1.54) is 0 Å². The molecule has 7 heteroatoms. The standard InChI is InChI=1S/C22H24N4O3/c1-3-25-13-15(12-21(25)28)22-24-16-8-4-6-10-18(16)26(22)14-20(27)23-17-9-5-7-11-19(17)29-2/h4-11,15H,3,12-14H2,1-2H3,(H,23,27)/t15-/m1/s1. The zero-order valence-electron chi connectivity index (χ0n) is 16.6. The summed E-state index contributed by atoms with van der Waals surface area (Å²) >= 11 is 0. The largest absolute Gasteiger partial charge is 0.495 e. The summed E-state index contributed by atoms with van der Waals surface area (Å²) in [5, 5.41) is 2.92. The maximum atomic E-state index is 12.9. The van der Waals surface area contributed by atoms with Crippen molar-refractivity contribution in [2.45, 2.75) is 25.8 Å². The highest BCUT2D eigenvalue weighted by Gasteiger charge is 2.33. The Morgan fingerprint density at radius 3 is 2.72 bits per heavy atom. The number of likely N-dealkylation sites (N-methyl/N-ethyl adjacent to an activating group) is 1. The van der Waals surface area contributed by atoms with E-state index in [1.54, 1.807) is 19.2 Å². The van der Waals surface area contributed by atoms with Crippen LogP contribution in [0.4, 0.5) is 5.69 Å². The van der Waals surface area contributed by atoms with Crippen LogP contribution in [-0.4, -0.2) is 46.5 Å². The molecule has 1 aromatic heterocycles. The van der Waals surface area contributed by atoms with Crippen LogP contribution in [0.1, 0.15) is 25.1 Å². The zero-order chi connectivity index (χ0) is 20.4. The summed E-state index contributed by atoms with van der Waals surface area (Å²) in [5.74, 6) is 1.33. The predicted octanol–water partition coefficient (Wildman–Crippen LogP) is 3.02. The van der Waals surface area contributed by atoms with E-state index in [0.29, 0.717) is 30.9 Å². The van der Waals surface area contributed by atoms with Gasteiger partial charge >= 0.3 is 0 Å². The number of ether oxygens (including phenoxy) is 1. The molecule has 3 aromatic rings. The van der Waals surface area contributed by atoms with E-state index in [1.807, 2.05) is 52.8 Å². The molecule has 0 radical (unpaired) electrons. The molecule has 0 bridgehead atoms. The normalized spacial score (nSPS) is 16.4. The van der Waals surface area contributed by atoms with Crippen LogP contribution >= 0.6 is 0 Å². The van der Waals surface area contributed by atoms with Crippen LogP contribution in [0.3, 0.4) is 0 Å². The average Bonchev–Trinajstić information content (AvgIpc) is 3.28. The predicted molar refractivity (Wildman–Crippen MR) is 111 cm³/mol. The molecule has 1 fully saturated rings. The molecule has 0 saturated carbocycles. The number of fused-ring (bicyclic) bond motifs is 1. The van der Waals surface area contributed by atoms with Crippen molar-refractivity contribution in [1.82, 2.24) is 14.5 Å². The first-order valence-electron chi connectivity index (χ1n) is 9.76. The number of rotatable bonds is 6. The van der Waals surface area contributed by atoms with E-state index < -0.39 is 0 Å². The number of anilines is 1. The number of hydrogen-bond donors (Lipinski definition) is 1. The number of carbonyl (C=O) groups excluding carboxylic acids is 2. The van der Waals surface area contributed by atoms with Crippen molar-refractivity contribution >= 4 is 28.5 Å². The summed E-state index contributed by atoms with van der Waals surface area (Å²) in [6, 6.07) is 15.1. The third-order valence-corrected chi connectivity index (χ3v) is 5.33. The molecule has 1 saturated heterocycles. The van der Waals surface area contributed by atoms with E-state index in [2.05, 4.69) is 5.32 Å².